The minimum absolute atomic E-state index is 0. The van der Waals surface area contributed by atoms with Crippen LogP contribution in [-0.2, 0) is 11.4 Å². The molecule has 0 radical (unpaired) electrons. The van der Waals surface area contributed by atoms with Crippen LogP contribution in [0.15, 0.2) is 54.9 Å². The molecule has 3 N–H and O–H groups in total. The number of hydrogen-bond acceptors (Lipinski definition) is 4. The first-order valence-electron chi connectivity index (χ1n) is 8.78. The van der Waals surface area contributed by atoms with Crippen LogP contribution in [0.3, 0.4) is 0 Å². The summed E-state index contributed by atoms with van der Waals surface area (Å²) in [6.07, 6.45) is 4.76. The molecule has 2 atom stereocenters. The van der Waals surface area contributed by atoms with Crippen LogP contribution in [0.5, 0.6) is 5.75 Å². The van der Waals surface area contributed by atoms with Crippen molar-refractivity contribution in [3.63, 3.8) is 0 Å². The molecule has 0 aliphatic heterocycles. The maximum Gasteiger partial charge on any atom is 0.241 e. The van der Waals surface area contributed by atoms with Crippen LogP contribution in [0, 0.1) is 5.92 Å². The Morgan fingerprint density at radius 2 is 1.93 bits per heavy atom. The van der Waals surface area contributed by atoms with Gasteiger partial charge in [0, 0.05) is 18.1 Å². The topological polar surface area (TPSA) is 81.7 Å². The van der Waals surface area contributed by atoms with Crippen LogP contribution in [0.1, 0.15) is 26.0 Å². The van der Waals surface area contributed by atoms with E-state index in [1.54, 1.807) is 12.1 Å². The number of aromatic nitrogens is 2. The molecule has 6 nitrogen and oxygen atoms in total. The van der Waals surface area contributed by atoms with Crippen molar-refractivity contribution in [3.8, 4) is 5.75 Å². The number of benzene rings is 1. The van der Waals surface area contributed by atoms with Crippen molar-refractivity contribution in [2.45, 2.75) is 32.9 Å². The molecule has 2 unspecified atom stereocenters. The van der Waals surface area contributed by atoms with Gasteiger partial charge in [0.25, 0.3) is 0 Å². The second-order valence-corrected chi connectivity index (χ2v) is 6.41. The number of nitrogens with zero attached hydrogens (tertiary/aromatic N) is 2. The van der Waals surface area contributed by atoms with E-state index < -0.39 is 6.04 Å². The van der Waals surface area contributed by atoms with E-state index in [9.17, 15) is 4.79 Å². The van der Waals surface area contributed by atoms with Crippen molar-refractivity contribution >= 4 is 42.1 Å². The summed E-state index contributed by atoms with van der Waals surface area (Å²) in [5, 5.41) is 2.84. The lowest BCUT2D eigenvalue weighted by Crippen LogP contribution is -2.40. The number of imidazole rings is 1. The van der Waals surface area contributed by atoms with E-state index >= 15 is 0 Å². The highest BCUT2D eigenvalue weighted by molar-refractivity contribution is 5.94. The number of carbonyl (C=O) groups excluding carboxylic acids is 1. The fraction of sp³-hybridized carbons (Fsp3) is 0.300. The Kier molecular flexibility index (Phi) is 9.25. The highest BCUT2D eigenvalue weighted by Crippen LogP contribution is 2.18. The number of hydrogen-bond donors (Lipinski definition) is 2. The van der Waals surface area contributed by atoms with Gasteiger partial charge in [-0.2, -0.15) is 0 Å². The molecule has 0 bridgehead atoms. The van der Waals surface area contributed by atoms with Crippen molar-refractivity contribution in [1.82, 2.24) is 9.38 Å². The van der Waals surface area contributed by atoms with Crippen LogP contribution in [0.4, 0.5) is 5.69 Å². The molecule has 152 valence electrons. The fourth-order valence-corrected chi connectivity index (χ4v) is 2.59. The summed E-state index contributed by atoms with van der Waals surface area (Å²) in [6, 6.07) is 12.6. The lowest BCUT2D eigenvalue weighted by molar-refractivity contribution is -0.118. The second-order valence-electron chi connectivity index (χ2n) is 6.41. The summed E-state index contributed by atoms with van der Waals surface area (Å²) >= 11 is 0. The van der Waals surface area contributed by atoms with E-state index in [2.05, 4.69) is 10.3 Å². The first kappa shape index (κ1) is 23.8. The molecule has 8 heteroatoms. The van der Waals surface area contributed by atoms with Gasteiger partial charge in [-0.3, -0.25) is 4.79 Å². The maximum absolute atomic E-state index is 12.1. The van der Waals surface area contributed by atoms with Gasteiger partial charge in [-0.25, -0.2) is 4.98 Å². The first-order chi connectivity index (χ1) is 12.6. The van der Waals surface area contributed by atoms with Gasteiger partial charge in [0.1, 0.15) is 18.0 Å². The standard InChI is InChI=1S/C20H24N4O2.2ClH/c1-3-14(2)19(21)20(25)23-15-7-9-17(10-8-15)26-13-16-12-24-11-5-4-6-18(24)22-16;;/h4-12,14,19H,3,13,21H2,1-2H3,(H,23,25);2*1H. The lowest BCUT2D eigenvalue weighted by Gasteiger charge is -2.17. The van der Waals surface area contributed by atoms with Crippen LogP contribution < -0.4 is 15.8 Å². The summed E-state index contributed by atoms with van der Waals surface area (Å²) < 4.78 is 7.73. The number of nitrogens with two attached hydrogens (primary N) is 1. The van der Waals surface area contributed by atoms with Crippen molar-refractivity contribution in [2.75, 3.05) is 5.32 Å². The number of rotatable bonds is 7. The van der Waals surface area contributed by atoms with Crippen LogP contribution >= 0.6 is 24.8 Å². The molecule has 28 heavy (non-hydrogen) atoms. The van der Waals surface area contributed by atoms with Crippen molar-refractivity contribution in [2.24, 2.45) is 11.7 Å². The molecule has 1 aromatic carbocycles. The summed E-state index contributed by atoms with van der Waals surface area (Å²) in [4.78, 5) is 16.6. The summed E-state index contributed by atoms with van der Waals surface area (Å²) in [6.45, 7) is 4.37. The van der Waals surface area contributed by atoms with E-state index in [0.717, 1.165) is 17.8 Å². The molecular weight excluding hydrogens is 399 g/mol. The quantitative estimate of drug-likeness (QED) is 0.598. The van der Waals surface area contributed by atoms with Crippen molar-refractivity contribution < 1.29 is 9.53 Å². The molecule has 1 amide bonds. The summed E-state index contributed by atoms with van der Waals surface area (Å²) in [5.74, 6) is 0.687. The third-order valence-corrected chi connectivity index (χ3v) is 4.48. The molecule has 0 fully saturated rings. The van der Waals surface area contributed by atoms with Gasteiger partial charge in [0.2, 0.25) is 5.91 Å². The molecule has 2 heterocycles. The molecule has 0 aliphatic rings. The molecule has 2 aromatic heterocycles. The monoisotopic (exact) mass is 424 g/mol. The molecule has 0 saturated carbocycles. The van der Waals surface area contributed by atoms with E-state index in [4.69, 9.17) is 10.5 Å². The average Bonchev–Trinajstić information content (AvgIpc) is 3.09. The maximum atomic E-state index is 12.1. The Hall–Kier alpha value is -2.28. The summed E-state index contributed by atoms with van der Waals surface area (Å²) in [5.41, 5.74) is 8.40. The molecular formula is C20H26Cl2N4O2. The van der Waals surface area contributed by atoms with Crippen LogP contribution in [0.25, 0.3) is 5.65 Å². The zero-order valence-electron chi connectivity index (χ0n) is 15.9. The molecule has 0 spiro atoms. The second kappa shape index (κ2) is 10.9. The van der Waals surface area contributed by atoms with Gasteiger partial charge in [0.05, 0.1) is 11.7 Å². The Bertz CT molecular complexity index is 850. The van der Waals surface area contributed by atoms with E-state index in [-0.39, 0.29) is 36.6 Å². The normalized spacial score (nSPS) is 12.4. The van der Waals surface area contributed by atoms with Gasteiger partial charge in [0.15, 0.2) is 0 Å². The number of ether oxygens (including phenoxy) is 1. The zero-order chi connectivity index (χ0) is 18.5. The third kappa shape index (κ3) is 5.86. The number of nitrogens with one attached hydrogen (secondary N) is 1. The number of anilines is 1. The number of pyridine rings is 1. The smallest absolute Gasteiger partial charge is 0.241 e. The lowest BCUT2D eigenvalue weighted by atomic mass is 9.99. The van der Waals surface area contributed by atoms with Gasteiger partial charge in [-0.15, -0.1) is 24.8 Å². The van der Waals surface area contributed by atoms with Gasteiger partial charge >= 0.3 is 0 Å². The van der Waals surface area contributed by atoms with Crippen molar-refractivity contribution in [1.29, 1.82) is 0 Å². The van der Waals surface area contributed by atoms with Gasteiger partial charge in [-0.1, -0.05) is 26.3 Å². The first-order valence-corrected chi connectivity index (χ1v) is 8.78. The Morgan fingerprint density at radius 1 is 1.21 bits per heavy atom. The minimum Gasteiger partial charge on any atom is -0.487 e. The number of amides is 1. The summed E-state index contributed by atoms with van der Waals surface area (Å²) in [7, 11) is 0. The zero-order valence-corrected chi connectivity index (χ0v) is 17.5. The SMILES string of the molecule is CCC(C)C(N)C(=O)Nc1ccc(OCc2cn3ccccc3n2)cc1.Cl.Cl. The molecule has 3 rings (SSSR count). The van der Waals surface area contributed by atoms with Crippen LogP contribution in [0.2, 0.25) is 0 Å². The van der Waals surface area contributed by atoms with E-state index in [1.165, 1.54) is 0 Å². The largest absolute Gasteiger partial charge is 0.487 e. The molecule has 0 aliphatic carbocycles. The fourth-order valence-electron chi connectivity index (χ4n) is 2.59. The average molecular weight is 425 g/mol. The highest BCUT2D eigenvalue weighted by atomic mass is 35.5. The Labute approximate surface area is 177 Å². The van der Waals surface area contributed by atoms with Gasteiger partial charge < -0.3 is 20.2 Å². The predicted octanol–water partition coefficient (Wildman–Crippen LogP) is 4.07. The third-order valence-electron chi connectivity index (χ3n) is 4.48. The highest BCUT2D eigenvalue weighted by Gasteiger charge is 2.19. The van der Waals surface area contributed by atoms with Crippen LogP contribution in [-0.4, -0.2) is 21.3 Å². The Balaban J connectivity index is 0.00000196. The van der Waals surface area contributed by atoms with Gasteiger partial charge in [-0.05, 0) is 42.3 Å². The number of halogens is 2. The molecule has 0 saturated heterocycles. The van der Waals surface area contributed by atoms with E-state index in [0.29, 0.717) is 18.0 Å². The molecule has 3 aromatic rings. The Morgan fingerprint density at radius 3 is 2.57 bits per heavy atom. The predicted molar refractivity (Wildman–Crippen MR) is 117 cm³/mol. The number of carbonyl (C=O) groups is 1. The van der Waals surface area contributed by atoms with E-state index in [1.807, 2.05) is 61.0 Å². The van der Waals surface area contributed by atoms with Crippen molar-refractivity contribution in [3.05, 3.63) is 60.6 Å². The number of fused-ring (bicyclic) bond motifs is 1. The minimum atomic E-state index is -0.508.